The second-order valence-corrected chi connectivity index (χ2v) is 4.79. The minimum atomic E-state index is -3.07. The third-order valence-electron chi connectivity index (χ3n) is 3.37. The molecule has 0 N–H and O–H groups in total. The van der Waals surface area contributed by atoms with Crippen molar-refractivity contribution >= 4 is 33.4 Å². The summed E-state index contributed by atoms with van der Waals surface area (Å²) in [6.07, 6.45) is 0. The molecule has 0 unspecified atom stereocenters. The molecule has 0 spiro atoms. The zero-order chi connectivity index (χ0) is 16.7. The quantitative estimate of drug-likeness (QED) is 0.406. The van der Waals surface area contributed by atoms with E-state index in [4.69, 9.17) is 4.42 Å². The lowest BCUT2D eigenvalue weighted by Crippen LogP contribution is -2.03. The number of nitro benzene ring substituents is 1. The predicted molar refractivity (Wildman–Crippen MR) is 77.0 cm³/mol. The van der Waals surface area contributed by atoms with Crippen LogP contribution in [0.5, 0.6) is 5.75 Å². The molecule has 1 heterocycles. The molecule has 0 aliphatic carbocycles. The molecule has 6 nitrogen and oxygen atoms in total. The van der Waals surface area contributed by atoms with Gasteiger partial charge in [0.2, 0.25) is 0 Å². The summed E-state index contributed by atoms with van der Waals surface area (Å²) in [5.74, 6) is -0.563. The number of Topliss-reactive ketones (excluding diaryl/α,β-unsaturated/α-hetero) is 1. The van der Waals surface area contributed by atoms with Crippen LogP contribution in [-0.4, -0.2) is 17.3 Å². The number of benzene rings is 2. The van der Waals surface area contributed by atoms with Gasteiger partial charge in [0, 0.05) is 28.5 Å². The molecular weight excluding hydrogens is 312 g/mol. The fourth-order valence-corrected chi connectivity index (χ4v) is 2.44. The van der Waals surface area contributed by atoms with Crippen LogP contribution in [0.4, 0.5) is 14.5 Å². The van der Waals surface area contributed by atoms with Gasteiger partial charge in [-0.2, -0.15) is 8.78 Å². The van der Waals surface area contributed by atoms with E-state index in [0.717, 1.165) is 0 Å². The fourth-order valence-electron chi connectivity index (χ4n) is 2.44. The molecule has 0 saturated heterocycles. The maximum Gasteiger partial charge on any atom is 0.387 e. The Hall–Kier alpha value is -3.03. The summed E-state index contributed by atoms with van der Waals surface area (Å²) in [7, 11) is 0. The molecule has 0 atom stereocenters. The molecule has 0 saturated carbocycles. The summed E-state index contributed by atoms with van der Waals surface area (Å²) in [4.78, 5) is 22.1. The molecule has 8 heteroatoms. The van der Waals surface area contributed by atoms with E-state index in [-0.39, 0.29) is 39.3 Å². The van der Waals surface area contributed by atoms with Gasteiger partial charge in [-0.3, -0.25) is 14.9 Å². The molecule has 118 valence electrons. The van der Waals surface area contributed by atoms with Gasteiger partial charge in [0.15, 0.2) is 17.1 Å². The summed E-state index contributed by atoms with van der Waals surface area (Å²) in [6, 6.07) is 6.35. The zero-order valence-corrected chi connectivity index (χ0v) is 11.7. The third-order valence-corrected chi connectivity index (χ3v) is 3.37. The van der Waals surface area contributed by atoms with Gasteiger partial charge < -0.3 is 9.15 Å². The lowest BCUT2D eigenvalue weighted by Gasteiger charge is -2.06. The van der Waals surface area contributed by atoms with Crippen molar-refractivity contribution in [3.8, 4) is 5.75 Å². The van der Waals surface area contributed by atoms with Crippen LogP contribution in [0.25, 0.3) is 21.9 Å². The van der Waals surface area contributed by atoms with Crippen molar-refractivity contribution in [2.45, 2.75) is 13.5 Å². The number of carbonyl (C=O) groups is 1. The maximum absolute atomic E-state index is 12.5. The highest BCUT2D eigenvalue weighted by atomic mass is 19.3. The number of alkyl halides is 2. The molecule has 3 rings (SSSR count). The Labute approximate surface area is 127 Å². The van der Waals surface area contributed by atoms with Crippen LogP contribution in [0.15, 0.2) is 34.7 Å². The molecule has 2 aromatic carbocycles. The first-order valence-electron chi connectivity index (χ1n) is 6.48. The number of rotatable bonds is 4. The van der Waals surface area contributed by atoms with Crippen LogP contribution < -0.4 is 4.74 Å². The van der Waals surface area contributed by atoms with Crippen molar-refractivity contribution in [1.29, 1.82) is 0 Å². The van der Waals surface area contributed by atoms with Gasteiger partial charge in [0.25, 0.3) is 5.69 Å². The topological polar surface area (TPSA) is 82.6 Å². The smallest absolute Gasteiger partial charge is 0.387 e. The van der Waals surface area contributed by atoms with Crippen molar-refractivity contribution in [2.75, 3.05) is 0 Å². The molecular formula is C15H9F2NO5. The highest BCUT2D eigenvalue weighted by Crippen LogP contribution is 2.39. The number of hydrogen-bond donors (Lipinski definition) is 0. The van der Waals surface area contributed by atoms with Crippen molar-refractivity contribution in [2.24, 2.45) is 0 Å². The molecule has 0 aliphatic rings. The number of carbonyl (C=O) groups excluding carboxylic acids is 1. The summed E-state index contributed by atoms with van der Waals surface area (Å²) >= 11 is 0. The van der Waals surface area contributed by atoms with Crippen molar-refractivity contribution in [1.82, 2.24) is 0 Å². The summed E-state index contributed by atoms with van der Waals surface area (Å²) in [5.41, 5.74) is 0.197. The molecule has 23 heavy (non-hydrogen) atoms. The average molecular weight is 321 g/mol. The Kier molecular flexibility index (Phi) is 3.44. The maximum atomic E-state index is 12.5. The Balaban J connectivity index is 2.41. The minimum absolute atomic E-state index is 0.0477. The molecule has 0 bridgehead atoms. The Morgan fingerprint density at radius 1 is 1.30 bits per heavy atom. The number of nitro groups is 1. The van der Waals surface area contributed by atoms with E-state index < -0.39 is 11.5 Å². The van der Waals surface area contributed by atoms with Crippen molar-refractivity contribution < 1.29 is 27.7 Å². The van der Waals surface area contributed by atoms with Gasteiger partial charge in [-0.25, -0.2) is 0 Å². The molecule has 3 aromatic rings. The predicted octanol–water partition coefficient (Wildman–Crippen LogP) is 4.30. The van der Waals surface area contributed by atoms with Crippen LogP contribution in [0.1, 0.15) is 17.3 Å². The standard InChI is InChI=1S/C15H9F2NO5/c1-7(19)9-3-5-12(23-15(16)17)14-13(9)10-6-8(18(20)21)2-4-11(10)22-14/h2-6,15H,1H3. The number of non-ortho nitro benzene ring substituents is 1. The summed E-state index contributed by atoms with van der Waals surface area (Å²) in [6.45, 7) is -1.76. The lowest BCUT2D eigenvalue weighted by molar-refractivity contribution is -0.384. The SMILES string of the molecule is CC(=O)c1ccc(OC(F)F)c2oc3ccc([N+](=O)[O-])cc3c12. The lowest BCUT2D eigenvalue weighted by atomic mass is 10.0. The molecule has 0 radical (unpaired) electrons. The molecule has 0 aliphatic heterocycles. The van der Waals surface area contributed by atoms with E-state index in [2.05, 4.69) is 4.74 Å². The number of ketones is 1. The van der Waals surface area contributed by atoms with Gasteiger partial charge in [-0.1, -0.05) is 0 Å². The number of fused-ring (bicyclic) bond motifs is 3. The van der Waals surface area contributed by atoms with E-state index in [9.17, 15) is 23.7 Å². The number of nitrogens with zero attached hydrogens (tertiary/aromatic N) is 1. The van der Waals surface area contributed by atoms with Gasteiger partial charge >= 0.3 is 6.61 Å². The van der Waals surface area contributed by atoms with Crippen molar-refractivity contribution in [3.63, 3.8) is 0 Å². The third kappa shape index (κ3) is 2.48. The van der Waals surface area contributed by atoms with Crippen LogP contribution in [0, 0.1) is 10.1 Å². The van der Waals surface area contributed by atoms with Crippen LogP contribution >= 0.6 is 0 Å². The highest BCUT2D eigenvalue weighted by molar-refractivity contribution is 6.18. The van der Waals surface area contributed by atoms with Gasteiger partial charge in [0.05, 0.1) is 4.92 Å². The summed E-state index contributed by atoms with van der Waals surface area (Å²) < 4.78 is 34.9. The monoisotopic (exact) mass is 321 g/mol. The van der Waals surface area contributed by atoms with E-state index in [1.54, 1.807) is 0 Å². The van der Waals surface area contributed by atoms with E-state index in [0.29, 0.717) is 5.39 Å². The van der Waals surface area contributed by atoms with Gasteiger partial charge in [-0.05, 0) is 25.1 Å². The van der Waals surface area contributed by atoms with Gasteiger partial charge in [0.1, 0.15) is 5.58 Å². The molecule has 0 amide bonds. The number of ether oxygens (including phenoxy) is 1. The summed E-state index contributed by atoms with van der Waals surface area (Å²) in [5, 5.41) is 11.4. The minimum Gasteiger partial charge on any atom is -0.452 e. The fraction of sp³-hybridized carbons (Fsp3) is 0.133. The highest BCUT2D eigenvalue weighted by Gasteiger charge is 2.21. The first-order chi connectivity index (χ1) is 10.9. The van der Waals surface area contributed by atoms with E-state index in [1.165, 1.54) is 37.3 Å². The number of furan rings is 1. The van der Waals surface area contributed by atoms with Gasteiger partial charge in [-0.15, -0.1) is 0 Å². The van der Waals surface area contributed by atoms with E-state index >= 15 is 0 Å². The normalized spacial score (nSPS) is 11.3. The number of hydrogen-bond acceptors (Lipinski definition) is 5. The second kappa shape index (κ2) is 5.31. The van der Waals surface area contributed by atoms with Crippen molar-refractivity contribution in [3.05, 3.63) is 46.0 Å². The number of halogens is 2. The molecule has 0 fully saturated rings. The first-order valence-corrected chi connectivity index (χ1v) is 6.48. The second-order valence-electron chi connectivity index (χ2n) is 4.79. The average Bonchev–Trinajstić information content (AvgIpc) is 2.85. The van der Waals surface area contributed by atoms with Crippen LogP contribution in [0.3, 0.4) is 0 Å². The van der Waals surface area contributed by atoms with Crippen LogP contribution in [-0.2, 0) is 0 Å². The largest absolute Gasteiger partial charge is 0.452 e. The van der Waals surface area contributed by atoms with Crippen LogP contribution in [0.2, 0.25) is 0 Å². The Morgan fingerprint density at radius 3 is 2.65 bits per heavy atom. The first kappa shape index (κ1) is 14.9. The zero-order valence-electron chi connectivity index (χ0n) is 11.7. The Bertz CT molecular complexity index is 948. The Morgan fingerprint density at radius 2 is 2.04 bits per heavy atom. The van der Waals surface area contributed by atoms with E-state index in [1.807, 2.05) is 0 Å². The molecule has 1 aromatic heterocycles.